The Morgan fingerprint density at radius 3 is 2.65 bits per heavy atom. The van der Waals surface area contributed by atoms with Gasteiger partial charge < -0.3 is 0 Å². The van der Waals surface area contributed by atoms with Crippen LogP contribution in [0.3, 0.4) is 0 Å². The highest BCUT2D eigenvalue weighted by Crippen LogP contribution is 2.46. The Bertz CT molecular complexity index is 472. The Morgan fingerprint density at radius 2 is 2.24 bits per heavy atom. The molecule has 0 N–H and O–H groups in total. The van der Waals surface area contributed by atoms with E-state index in [4.69, 9.17) is 0 Å². The van der Waals surface area contributed by atoms with Gasteiger partial charge in [-0.3, -0.25) is 0 Å². The van der Waals surface area contributed by atoms with Crippen molar-refractivity contribution in [2.45, 2.75) is 29.7 Å². The van der Waals surface area contributed by atoms with E-state index in [1.165, 1.54) is 17.8 Å². The number of isocyanates is 1. The van der Waals surface area contributed by atoms with E-state index in [0.29, 0.717) is 9.37 Å². The van der Waals surface area contributed by atoms with Gasteiger partial charge in [-0.25, -0.2) is 9.18 Å². The van der Waals surface area contributed by atoms with Gasteiger partial charge in [0.2, 0.25) is 6.08 Å². The predicted octanol–water partition coefficient (Wildman–Crippen LogP) is 4.03. The predicted molar refractivity (Wildman–Crippen MR) is 69.5 cm³/mol. The number of rotatable bonds is 3. The van der Waals surface area contributed by atoms with Crippen molar-refractivity contribution in [1.29, 1.82) is 0 Å². The molecule has 1 aromatic carbocycles. The molecule has 2 rings (SSSR count). The zero-order valence-corrected chi connectivity index (χ0v) is 11.7. The monoisotopic (exact) mass is 315 g/mol. The van der Waals surface area contributed by atoms with Gasteiger partial charge in [0.05, 0.1) is 10.4 Å². The van der Waals surface area contributed by atoms with Crippen molar-refractivity contribution in [2.75, 3.05) is 6.26 Å². The van der Waals surface area contributed by atoms with Crippen molar-refractivity contribution in [1.82, 2.24) is 0 Å². The number of thioether (sulfide) groups is 1. The van der Waals surface area contributed by atoms with E-state index in [0.717, 1.165) is 24.8 Å². The van der Waals surface area contributed by atoms with Gasteiger partial charge in [0.1, 0.15) is 5.82 Å². The fourth-order valence-corrected chi connectivity index (χ4v) is 3.52. The van der Waals surface area contributed by atoms with Crippen LogP contribution in [-0.4, -0.2) is 12.3 Å². The summed E-state index contributed by atoms with van der Waals surface area (Å²) in [5.41, 5.74) is 0.219. The number of aliphatic imine (C=N–C) groups is 1. The molecular formula is C12H11BrFNOS. The Kier molecular flexibility index (Phi) is 3.71. The second-order valence-electron chi connectivity index (χ2n) is 4.06. The van der Waals surface area contributed by atoms with Gasteiger partial charge in [0, 0.05) is 4.47 Å². The largest absolute Gasteiger partial charge is 0.235 e. The first kappa shape index (κ1) is 12.8. The van der Waals surface area contributed by atoms with Gasteiger partial charge in [-0.05, 0) is 59.1 Å². The average molecular weight is 316 g/mol. The Labute approximate surface area is 112 Å². The van der Waals surface area contributed by atoms with Gasteiger partial charge in [-0.1, -0.05) is 0 Å². The molecular weight excluding hydrogens is 305 g/mol. The molecule has 2 nitrogen and oxygen atoms in total. The molecule has 0 heterocycles. The molecule has 90 valence electrons. The zero-order valence-electron chi connectivity index (χ0n) is 9.30. The summed E-state index contributed by atoms with van der Waals surface area (Å²) >= 11 is 4.70. The van der Waals surface area contributed by atoms with Crippen LogP contribution in [0, 0.1) is 5.82 Å². The minimum Gasteiger partial charge on any atom is -0.211 e. The molecule has 0 saturated heterocycles. The van der Waals surface area contributed by atoms with Crippen LogP contribution < -0.4 is 0 Å². The fraction of sp³-hybridized carbons (Fsp3) is 0.417. The lowest BCUT2D eigenvalue weighted by atomic mass is 9.72. The van der Waals surface area contributed by atoms with E-state index in [-0.39, 0.29) is 5.82 Å². The standard InChI is InChI=1S/C12H11BrFNOS/c1-17-11-9(13)5-8(6-10(11)14)12(15-7-16)3-2-4-12/h5-6H,2-4H2,1H3. The highest BCUT2D eigenvalue weighted by Gasteiger charge is 2.39. The normalized spacial score (nSPS) is 17.1. The molecule has 0 amide bonds. The minimum atomic E-state index is -0.540. The van der Waals surface area contributed by atoms with Crippen molar-refractivity contribution in [3.05, 3.63) is 28.0 Å². The van der Waals surface area contributed by atoms with Crippen LogP contribution in [0.5, 0.6) is 0 Å². The Morgan fingerprint density at radius 1 is 1.53 bits per heavy atom. The topological polar surface area (TPSA) is 29.4 Å². The molecule has 0 aromatic heterocycles. The molecule has 0 radical (unpaired) electrons. The molecule has 0 unspecified atom stereocenters. The van der Waals surface area contributed by atoms with Crippen LogP contribution in [0.15, 0.2) is 26.5 Å². The van der Waals surface area contributed by atoms with E-state index in [9.17, 15) is 9.18 Å². The number of halogens is 2. The van der Waals surface area contributed by atoms with E-state index in [1.54, 1.807) is 6.08 Å². The van der Waals surface area contributed by atoms with Gasteiger partial charge in [0.15, 0.2) is 0 Å². The number of carbonyl (C=O) groups excluding carboxylic acids is 1. The van der Waals surface area contributed by atoms with Crippen molar-refractivity contribution >= 4 is 33.8 Å². The molecule has 1 saturated carbocycles. The summed E-state index contributed by atoms with van der Waals surface area (Å²) in [5.74, 6) is -0.269. The molecule has 0 spiro atoms. The summed E-state index contributed by atoms with van der Waals surface area (Å²) in [6, 6.07) is 3.34. The lowest BCUT2D eigenvalue weighted by molar-refractivity contribution is 0.254. The first-order valence-electron chi connectivity index (χ1n) is 5.25. The van der Waals surface area contributed by atoms with E-state index >= 15 is 0 Å². The Balaban J connectivity index is 2.49. The number of hydrogen-bond donors (Lipinski definition) is 0. The fourth-order valence-electron chi connectivity index (χ4n) is 2.09. The third-order valence-corrected chi connectivity index (χ3v) is 4.89. The average Bonchev–Trinajstić information content (AvgIpc) is 2.23. The highest BCUT2D eigenvalue weighted by molar-refractivity contribution is 9.10. The van der Waals surface area contributed by atoms with Gasteiger partial charge in [-0.15, -0.1) is 11.8 Å². The van der Waals surface area contributed by atoms with Crippen LogP contribution >= 0.6 is 27.7 Å². The summed E-state index contributed by atoms with van der Waals surface area (Å²) in [6.07, 6.45) is 6.01. The molecule has 1 fully saturated rings. The second kappa shape index (κ2) is 4.92. The molecule has 1 aliphatic rings. The third kappa shape index (κ3) is 2.19. The molecule has 1 aliphatic carbocycles. The summed E-state index contributed by atoms with van der Waals surface area (Å²) in [7, 11) is 0. The van der Waals surface area contributed by atoms with Crippen LogP contribution in [0.4, 0.5) is 4.39 Å². The molecule has 0 atom stereocenters. The number of hydrogen-bond acceptors (Lipinski definition) is 3. The van der Waals surface area contributed by atoms with Gasteiger partial charge in [0.25, 0.3) is 0 Å². The quantitative estimate of drug-likeness (QED) is 0.479. The molecule has 0 bridgehead atoms. The molecule has 1 aromatic rings. The van der Waals surface area contributed by atoms with Crippen LogP contribution in [0.2, 0.25) is 0 Å². The van der Waals surface area contributed by atoms with Gasteiger partial charge >= 0.3 is 0 Å². The first-order chi connectivity index (χ1) is 8.13. The van der Waals surface area contributed by atoms with E-state index < -0.39 is 5.54 Å². The van der Waals surface area contributed by atoms with Crippen molar-refractivity contribution < 1.29 is 9.18 Å². The smallest absolute Gasteiger partial charge is 0.211 e. The zero-order chi connectivity index (χ0) is 12.5. The number of benzene rings is 1. The molecule has 0 aliphatic heterocycles. The second-order valence-corrected chi connectivity index (χ2v) is 5.73. The highest BCUT2D eigenvalue weighted by atomic mass is 79.9. The minimum absolute atomic E-state index is 0.269. The van der Waals surface area contributed by atoms with Crippen molar-refractivity contribution in [3.8, 4) is 0 Å². The maximum atomic E-state index is 13.9. The summed E-state index contributed by atoms with van der Waals surface area (Å²) < 4.78 is 14.6. The molecule has 17 heavy (non-hydrogen) atoms. The van der Waals surface area contributed by atoms with Crippen LogP contribution in [0.25, 0.3) is 0 Å². The summed E-state index contributed by atoms with van der Waals surface area (Å²) in [6.45, 7) is 0. The number of nitrogens with zero attached hydrogens (tertiary/aromatic N) is 1. The maximum Gasteiger partial charge on any atom is 0.235 e. The lowest BCUT2D eigenvalue weighted by Crippen LogP contribution is -2.32. The first-order valence-corrected chi connectivity index (χ1v) is 7.27. The maximum absolute atomic E-state index is 13.9. The Hall–Kier alpha value is -0.640. The third-order valence-electron chi connectivity index (χ3n) is 3.18. The van der Waals surface area contributed by atoms with Crippen molar-refractivity contribution in [3.63, 3.8) is 0 Å². The van der Waals surface area contributed by atoms with E-state index in [1.807, 2.05) is 12.3 Å². The molecule has 5 heteroatoms. The van der Waals surface area contributed by atoms with Crippen LogP contribution in [0.1, 0.15) is 24.8 Å². The van der Waals surface area contributed by atoms with Crippen LogP contribution in [-0.2, 0) is 10.3 Å². The summed E-state index contributed by atoms with van der Waals surface area (Å²) in [5, 5.41) is 0. The lowest BCUT2D eigenvalue weighted by Gasteiger charge is -2.37. The van der Waals surface area contributed by atoms with E-state index in [2.05, 4.69) is 20.9 Å². The summed E-state index contributed by atoms with van der Waals surface area (Å²) in [4.78, 5) is 14.9. The van der Waals surface area contributed by atoms with Gasteiger partial charge in [-0.2, -0.15) is 4.99 Å². The SMILES string of the molecule is CSc1c(F)cc(C2(N=C=O)CCC2)cc1Br. The van der Waals surface area contributed by atoms with Crippen molar-refractivity contribution in [2.24, 2.45) is 4.99 Å².